The Kier molecular flexibility index (Phi) is 8.83. The van der Waals surface area contributed by atoms with E-state index in [1.54, 1.807) is 6.92 Å². The fraction of sp³-hybridized carbons (Fsp3) is 0.393. The normalized spacial score (nSPS) is 19.3. The molecular weight excluding hydrogens is 586 g/mol. The maximum Gasteiger partial charge on any atom is 0.416 e. The summed E-state index contributed by atoms with van der Waals surface area (Å²) in [6.45, 7) is 1.70. The van der Waals surface area contributed by atoms with Crippen LogP contribution in [-0.4, -0.2) is 47.5 Å². The molecule has 1 saturated heterocycles. The Bertz CT molecular complexity index is 1450. The molecule has 1 aliphatic heterocycles. The summed E-state index contributed by atoms with van der Waals surface area (Å²) < 4.78 is 80.0. The molecule has 0 aromatic heterocycles. The molecule has 1 heterocycles. The Balaban J connectivity index is 1.64. The smallest absolute Gasteiger partial charge is 0.353 e. The maximum atomic E-state index is 13.5. The van der Waals surface area contributed by atoms with Crippen LogP contribution in [-0.2, 0) is 26.7 Å². The molecule has 2 aliphatic rings. The third-order valence-corrected chi connectivity index (χ3v) is 6.97. The van der Waals surface area contributed by atoms with Crippen molar-refractivity contribution in [2.45, 2.75) is 63.1 Å². The number of alkyl halides is 6. The zero-order valence-electron chi connectivity index (χ0n) is 22.5. The van der Waals surface area contributed by atoms with E-state index in [4.69, 9.17) is 0 Å². The Hall–Kier alpha value is -4.43. The zero-order chi connectivity index (χ0) is 31.7. The lowest BCUT2D eigenvalue weighted by Gasteiger charge is -2.21. The number of halogens is 6. The molecule has 1 aliphatic carbocycles. The average molecular weight is 613 g/mol. The number of hydrogen-bond acceptors (Lipinski definition) is 5. The third kappa shape index (κ3) is 7.90. The molecule has 4 N–H and O–H groups in total. The highest BCUT2D eigenvalue weighted by atomic mass is 19.4. The van der Waals surface area contributed by atoms with E-state index >= 15 is 0 Å². The molecule has 15 heteroatoms. The molecule has 3 atom stereocenters. The number of rotatable bonds is 9. The van der Waals surface area contributed by atoms with Crippen molar-refractivity contribution in [3.05, 3.63) is 64.7 Å². The van der Waals surface area contributed by atoms with Gasteiger partial charge in [0, 0.05) is 23.6 Å². The molecule has 1 unspecified atom stereocenters. The Morgan fingerprint density at radius 1 is 0.930 bits per heavy atom. The maximum absolute atomic E-state index is 13.5. The minimum absolute atomic E-state index is 0.233. The van der Waals surface area contributed by atoms with Crippen LogP contribution in [0, 0.1) is 5.92 Å². The summed E-state index contributed by atoms with van der Waals surface area (Å²) in [5.41, 5.74) is -4.23. The standard InChI is InChI=1S/C28H26F6N4O5/c1-13-9-15(24(41)35-13)11-21(22(39)26(43)36-18-6-7-18)38-25(42)19-12-17(28(32,33)34)5-8-20(19)37-23(40)14-3-2-4-16(10-14)27(29,30)31/h2-5,8,10,12-13,15,18,21H,6-7,9,11H2,1H3,(H,35,41)(H,36,43)(H,37,40)(H,38,42)/t13-,15+,21?/m1/s1. The van der Waals surface area contributed by atoms with Crippen molar-refractivity contribution < 1.29 is 50.3 Å². The van der Waals surface area contributed by atoms with Crippen molar-refractivity contribution in [3.63, 3.8) is 0 Å². The van der Waals surface area contributed by atoms with Crippen LogP contribution < -0.4 is 21.3 Å². The van der Waals surface area contributed by atoms with Crippen molar-refractivity contribution >= 4 is 35.1 Å². The summed E-state index contributed by atoms with van der Waals surface area (Å²) >= 11 is 0. The van der Waals surface area contributed by atoms with E-state index in [0.717, 1.165) is 24.3 Å². The molecule has 43 heavy (non-hydrogen) atoms. The van der Waals surface area contributed by atoms with E-state index in [2.05, 4.69) is 21.3 Å². The summed E-state index contributed by atoms with van der Waals surface area (Å²) in [6.07, 6.45) is -8.50. The largest absolute Gasteiger partial charge is 0.416 e. The lowest BCUT2D eigenvalue weighted by molar-refractivity contribution is -0.139. The number of benzene rings is 2. The van der Waals surface area contributed by atoms with Gasteiger partial charge in [0.25, 0.3) is 17.7 Å². The van der Waals surface area contributed by atoms with Gasteiger partial charge in [-0.25, -0.2) is 0 Å². The van der Waals surface area contributed by atoms with Gasteiger partial charge >= 0.3 is 12.4 Å². The molecule has 4 rings (SSSR count). The lowest BCUT2D eigenvalue weighted by Crippen LogP contribution is -2.49. The number of carbonyl (C=O) groups excluding carboxylic acids is 5. The molecule has 230 valence electrons. The van der Waals surface area contributed by atoms with Crippen LogP contribution in [0.3, 0.4) is 0 Å². The highest BCUT2D eigenvalue weighted by Gasteiger charge is 2.39. The first-order valence-electron chi connectivity index (χ1n) is 13.2. The zero-order valence-corrected chi connectivity index (χ0v) is 22.5. The fourth-order valence-electron chi connectivity index (χ4n) is 4.60. The molecular formula is C28H26F6N4O5. The summed E-state index contributed by atoms with van der Waals surface area (Å²) in [4.78, 5) is 64.1. The van der Waals surface area contributed by atoms with E-state index in [1.165, 1.54) is 0 Å². The molecule has 0 spiro atoms. The molecule has 2 aromatic rings. The molecule has 2 fully saturated rings. The number of Topliss-reactive ketones (excluding diaryl/α,β-unsaturated/α-hetero) is 1. The quantitative estimate of drug-likeness (QED) is 0.252. The Morgan fingerprint density at radius 3 is 2.16 bits per heavy atom. The Labute approximate surface area is 240 Å². The van der Waals surface area contributed by atoms with Gasteiger partial charge in [-0.05, 0) is 69.0 Å². The van der Waals surface area contributed by atoms with Gasteiger partial charge in [-0.2, -0.15) is 26.3 Å². The van der Waals surface area contributed by atoms with Crippen LogP contribution in [0.15, 0.2) is 42.5 Å². The van der Waals surface area contributed by atoms with E-state index in [-0.39, 0.29) is 24.9 Å². The number of ketones is 1. The van der Waals surface area contributed by atoms with Crippen molar-refractivity contribution in [3.8, 4) is 0 Å². The minimum Gasteiger partial charge on any atom is -0.353 e. The second-order valence-electron chi connectivity index (χ2n) is 10.5. The van der Waals surface area contributed by atoms with Crippen LogP contribution >= 0.6 is 0 Å². The molecule has 0 bridgehead atoms. The highest BCUT2D eigenvalue weighted by Crippen LogP contribution is 2.33. The monoisotopic (exact) mass is 612 g/mol. The predicted octanol–water partition coefficient (Wildman–Crippen LogP) is 3.84. The fourth-order valence-corrected chi connectivity index (χ4v) is 4.60. The van der Waals surface area contributed by atoms with Gasteiger partial charge in [0.2, 0.25) is 11.7 Å². The van der Waals surface area contributed by atoms with Gasteiger partial charge in [0.15, 0.2) is 0 Å². The summed E-state index contributed by atoms with van der Waals surface area (Å²) in [7, 11) is 0. The first-order chi connectivity index (χ1) is 20.0. The van der Waals surface area contributed by atoms with Crippen molar-refractivity contribution in [1.82, 2.24) is 16.0 Å². The highest BCUT2D eigenvalue weighted by molar-refractivity contribution is 6.38. The summed E-state index contributed by atoms with van der Waals surface area (Å²) in [6, 6.07) is 2.82. The summed E-state index contributed by atoms with van der Waals surface area (Å²) in [5, 5.41) is 9.49. The average Bonchev–Trinajstić information content (AvgIpc) is 3.68. The Morgan fingerprint density at radius 2 is 1.58 bits per heavy atom. The molecule has 2 aromatic carbocycles. The van der Waals surface area contributed by atoms with Crippen molar-refractivity contribution in [1.29, 1.82) is 0 Å². The van der Waals surface area contributed by atoms with E-state index in [1.807, 2.05) is 0 Å². The number of anilines is 1. The SMILES string of the molecule is C[C@@H]1C[C@@H](CC(NC(=O)c2cc(C(F)(F)F)ccc2NC(=O)c2cccc(C(F)(F)F)c2)C(=O)C(=O)NC2CC2)C(=O)N1. The van der Waals surface area contributed by atoms with E-state index < -0.39 is 81.7 Å². The van der Waals surface area contributed by atoms with Crippen molar-refractivity contribution in [2.75, 3.05) is 5.32 Å². The van der Waals surface area contributed by atoms with Gasteiger partial charge in [0.1, 0.15) is 0 Å². The first-order valence-corrected chi connectivity index (χ1v) is 13.2. The van der Waals surface area contributed by atoms with Crippen LogP contribution in [0.5, 0.6) is 0 Å². The second-order valence-corrected chi connectivity index (χ2v) is 10.5. The van der Waals surface area contributed by atoms with Crippen molar-refractivity contribution in [2.24, 2.45) is 5.92 Å². The second kappa shape index (κ2) is 12.1. The van der Waals surface area contributed by atoms with Crippen LogP contribution in [0.25, 0.3) is 0 Å². The minimum atomic E-state index is -4.93. The van der Waals surface area contributed by atoms with Crippen LogP contribution in [0.4, 0.5) is 32.0 Å². The number of carbonyl (C=O) groups is 5. The van der Waals surface area contributed by atoms with Gasteiger partial charge in [-0.1, -0.05) is 6.07 Å². The van der Waals surface area contributed by atoms with Gasteiger partial charge in [-0.3, -0.25) is 24.0 Å². The van der Waals surface area contributed by atoms with Gasteiger partial charge in [-0.15, -0.1) is 0 Å². The van der Waals surface area contributed by atoms with Crippen LogP contribution in [0.1, 0.15) is 64.4 Å². The third-order valence-electron chi connectivity index (χ3n) is 6.97. The molecule has 9 nitrogen and oxygen atoms in total. The molecule has 1 saturated carbocycles. The topological polar surface area (TPSA) is 133 Å². The number of hydrogen-bond donors (Lipinski definition) is 4. The summed E-state index contributed by atoms with van der Waals surface area (Å²) in [5.74, 6) is -5.84. The van der Waals surface area contributed by atoms with Crippen LogP contribution in [0.2, 0.25) is 0 Å². The van der Waals surface area contributed by atoms with E-state index in [0.29, 0.717) is 31.0 Å². The van der Waals surface area contributed by atoms with E-state index in [9.17, 15) is 50.3 Å². The van der Waals surface area contributed by atoms with Gasteiger partial charge < -0.3 is 21.3 Å². The van der Waals surface area contributed by atoms with Gasteiger partial charge in [0.05, 0.1) is 28.4 Å². The predicted molar refractivity (Wildman–Crippen MR) is 139 cm³/mol. The number of amides is 4. The molecule has 0 radical (unpaired) electrons. The number of nitrogens with one attached hydrogen (secondary N) is 4. The first kappa shape index (κ1) is 31.5. The molecule has 4 amide bonds. The lowest BCUT2D eigenvalue weighted by atomic mass is 9.93.